The van der Waals surface area contributed by atoms with Crippen LogP contribution in [0.5, 0.6) is 11.5 Å². The first kappa shape index (κ1) is 34.5. The molecule has 1 atom stereocenters. The van der Waals surface area contributed by atoms with Crippen molar-refractivity contribution in [2.45, 2.75) is 24.0 Å². The molecule has 0 spiro atoms. The van der Waals surface area contributed by atoms with Gasteiger partial charge >= 0.3 is 0 Å². The predicted octanol–water partition coefficient (Wildman–Crippen LogP) is 8.20. The Labute approximate surface area is 290 Å². The van der Waals surface area contributed by atoms with Gasteiger partial charge in [-0.25, -0.2) is 0 Å². The van der Waals surface area contributed by atoms with E-state index in [9.17, 15) is 14.4 Å². The van der Waals surface area contributed by atoms with E-state index in [1.54, 1.807) is 60.7 Å². The zero-order valence-corrected chi connectivity index (χ0v) is 28.5. The molecule has 0 bridgehead atoms. The monoisotopic (exact) mass is 671 g/mol. The Balaban J connectivity index is 1.37. The Morgan fingerprint density at radius 2 is 1.43 bits per heavy atom. The fourth-order valence-corrected chi connectivity index (χ4v) is 6.07. The van der Waals surface area contributed by atoms with Gasteiger partial charge in [0.1, 0.15) is 10.9 Å². The summed E-state index contributed by atoms with van der Waals surface area (Å²) in [6, 6.07) is 36.7. The highest BCUT2D eigenvalue weighted by atomic mass is 32.2. The van der Waals surface area contributed by atoms with Crippen molar-refractivity contribution in [1.82, 2.24) is 5.32 Å². The van der Waals surface area contributed by atoms with Gasteiger partial charge in [-0.2, -0.15) is 0 Å². The Bertz CT molecular complexity index is 1960. The molecular weight excluding hydrogens is 635 g/mol. The Hall–Kier alpha value is -5.80. The van der Waals surface area contributed by atoms with E-state index in [4.69, 9.17) is 9.47 Å². The van der Waals surface area contributed by atoms with Gasteiger partial charge in [-0.05, 0) is 85.1 Å². The molecule has 0 saturated carbocycles. The van der Waals surface area contributed by atoms with Gasteiger partial charge in [0.05, 0.1) is 14.2 Å². The van der Waals surface area contributed by atoms with Gasteiger partial charge < -0.3 is 25.4 Å². The number of nitrogens with one attached hydrogen (secondary N) is 3. The van der Waals surface area contributed by atoms with E-state index in [0.717, 1.165) is 27.3 Å². The van der Waals surface area contributed by atoms with Crippen molar-refractivity contribution in [2.24, 2.45) is 0 Å². The number of benzene rings is 5. The maximum Gasteiger partial charge on any atom is 0.272 e. The number of carbonyl (C=O) groups is 3. The lowest BCUT2D eigenvalue weighted by atomic mass is 10.1. The Kier molecular flexibility index (Phi) is 11.5. The molecule has 0 saturated heterocycles. The van der Waals surface area contributed by atoms with Crippen LogP contribution in [-0.4, -0.2) is 31.9 Å². The first-order chi connectivity index (χ1) is 23.7. The van der Waals surface area contributed by atoms with Crippen molar-refractivity contribution < 1.29 is 23.9 Å². The molecule has 0 aliphatic rings. The number of anilines is 2. The van der Waals surface area contributed by atoms with Crippen molar-refractivity contribution in [2.75, 3.05) is 24.9 Å². The molecule has 248 valence electrons. The van der Waals surface area contributed by atoms with Gasteiger partial charge in [-0.1, -0.05) is 72.8 Å². The van der Waals surface area contributed by atoms with E-state index >= 15 is 0 Å². The van der Waals surface area contributed by atoms with Crippen molar-refractivity contribution in [3.05, 3.63) is 155 Å². The molecule has 0 aromatic heterocycles. The van der Waals surface area contributed by atoms with Crippen LogP contribution in [0, 0.1) is 13.8 Å². The van der Waals surface area contributed by atoms with Crippen LogP contribution in [0.15, 0.2) is 132 Å². The van der Waals surface area contributed by atoms with Crippen LogP contribution in [0.3, 0.4) is 0 Å². The normalized spacial score (nSPS) is 11.6. The maximum absolute atomic E-state index is 13.7. The number of rotatable bonds is 12. The lowest BCUT2D eigenvalue weighted by Gasteiger charge is -2.18. The summed E-state index contributed by atoms with van der Waals surface area (Å²) in [5, 5.41) is 8.22. The first-order valence-electron chi connectivity index (χ1n) is 15.6. The summed E-state index contributed by atoms with van der Waals surface area (Å²) >= 11 is 1.41. The third-order valence-electron chi connectivity index (χ3n) is 7.62. The lowest BCUT2D eigenvalue weighted by molar-refractivity contribution is -0.116. The molecule has 0 fully saturated rings. The van der Waals surface area contributed by atoms with E-state index < -0.39 is 17.1 Å². The second kappa shape index (κ2) is 16.3. The van der Waals surface area contributed by atoms with Crippen molar-refractivity contribution in [1.29, 1.82) is 0 Å². The number of ether oxygens (including phenoxy) is 2. The number of methoxy groups -OCH3 is 2. The minimum absolute atomic E-state index is 0.00566. The average Bonchev–Trinajstić information content (AvgIpc) is 3.13. The standard InChI is InChI=1S/C40H37N3O5S/c1-26-18-19-27(2)33(24-26)42-40(46)37(28-12-7-5-8-13-28)49-32-22-20-31(21-23-32)41-39(45)34(43-38(44)29-14-9-6-10-15-29)25-30-16-11-17-35(47-3)36(30)48-4/h5-25,37H,1-4H3,(H,41,45)(H,42,46)(H,43,44)/b34-25-. The quantitative estimate of drug-likeness (QED) is 0.0913. The van der Waals surface area contributed by atoms with E-state index in [0.29, 0.717) is 28.3 Å². The number of hydrogen-bond donors (Lipinski definition) is 3. The molecule has 5 aromatic carbocycles. The number of carbonyl (C=O) groups excluding carboxylic acids is 3. The molecule has 8 nitrogen and oxygen atoms in total. The highest BCUT2D eigenvalue weighted by Crippen LogP contribution is 2.37. The third-order valence-corrected chi connectivity index (χ3v) is 8.89. The topological polar surface area (TPSA) is 106 Å². The van der Waals surface area contributed by atoms with Gasteiger partial charge in [0, 0.05) is 27.4 Å². The number of aryl methyl sites for hydroxylation is 2. The lowest BCUT2D eigenvalue weighted by Crippen LogP contribution is -2.30. The molecule has 5 aromatic rings. The summed E-state index contributed by atoms with van der Waals surface area (Å²) in [4.78, 5) is 41.3. The fraction of sp³-hybridized carbons (Fsp3) is 0.125. The predicted molar refractivity (Wildman–Crippen MR) is 196 cm³/mol. The molecule has 3 amide bonds. The highest BCUT2D eigenvalue weighted by molar-refractivity contribution is 8.00. The molecule has 49 heavy (non-hydrogen) atoms. The largest absolute Gasteiger partial charge is 0.493 e. The second-order valence-corrected chi connectivity index (χ2v) is 12.3. The molecular formula is C40H37N3O5S. The number of para-hydroxylation sites is 1. The zero-order chi connectivity index (χ0) is 34.8. The van der Waals surface area contributed by atoms with Gasteiger partial charge in [-0.3, -0.25) is 14.4 Å². The van der Waals surface area contributed by atoms with Crippen LogP contribution in [0.2, 0.25) is 0 Å². The Morgan fingerprint density at radius 1 is 0.735 bits per heavy atom. The van der Waals surface area contributed by atoms with Crippen molar-refractivity contribution in [3.63, 3.8) is 0 Å². The van der Waals surface area contributed by atoms with Gasteiger partial charge in [0.25, 0.3) is 11.8 Å². The van der Waals surface area contributed by atoms with Crippen LogP contribution < -0.4 is 25.4 Å². The number of hydrogen-bond acceptors (Lipinski definition) is 6. The van der Waals surface area contributed by atoms with Crippen LogP contribution in [0.1, 0.15) is 37.9 Å². The van der Waals surface area contributed by atoms with E-state index in [1.165, 1.54) is 26.0 Å². The van der Waals surface area contributed by atoms with Crippen LogP contribution in [0.25, 0.3) is 6.08 Å². The third kappa shape index (κ3) is 8.97. The molecule has 0 aliphatic carbocycles. The summed E-state index contributed by atoms with van der Waals surface area (Å²) in [7, 11) is 3.03. The van der Waals surface area contributed by atoms with E-state index in [1.807, 2.05) is 80.6 Å². The number of thioether (sulfide) groups is 1. The van der Waals surface area contributed by atoms with Crippen LogP contribution in [0.4, 0.5) is 11.4 Å². The van der Waals surface area contributed by atoms with Gasteiger partial charge in [-0.15, -0.1) is 11.8 Å². The Morgan fingerprint density at radius 3 is 2.10 bits per heavy atom. The summed E-state index contributed by atoms with van der Waals surface area (Å²) in [5.74, 6) is -0.222. The molecule has 0 radical (unpaired) electrons. The van der Waals surface area contributed by atoms with E-state index in [2.05, 4.69) is 16.0 Å². The molecule has 5 rings (SSSR count). The number of amides is 3. The summed E-state index contributed by atoms with van der Waals surface area (Å²) in [6.45, 7) is 3.96. The van der Waals surface area contributed by atoms with E-state index in [-0.39, 0.29) is 11.6 Å². The van der Waals surface area contributed by atoms with Gasteiger partial charge in [0.15, 0.2) is 11.5 Å². The van der Waals surface area contributed by atoms with Crippen LogP contribution in [-0.2, 0) is 9.59 Å². The molecule has 1 unspecified atom stereocenters. The smallest absolute Gasteiger partial charge is 0.272 e. The highest BCUT2D eigenvalue weighted by Gasteiger charge is 2.23. The molecule has 0 aliphatic heterocycles. The molecule has 3 N–H and O–H groups in total. The van der Waals surface area contributed by atoms with Crippen molar-refractivity contribution in [3.8, 4) is 11.5 Å². The summed E-state index contributed by atoms with van der Waals surface area (Å²) in [5.41, 5.74) is 5.13. The minimum atomic E-state index is -0.537. The molecule has 9 heteroatoms. The molecule has 0 heterocycles. The summed E-state index contributed by atoms with van der Waals surface area (Å²) in [6.07, 6.45) is 1.54. The second-order valence-electron chi connectivity index (χ2n) is 11.2. The zero-order valence-electron chi connectivity index (χ0n) is 27.7. The fourth-order valence-electron chi connectivity index (χ4n) is 5.04. The average molecular weight is 672 g/mol. The first-order valence-corrected chi connectivity index (χ1v) is 16.4. The van der Waals surface area contributed by atoms with Crippen LogP contribution >= 0.6 is 11.8 Å². The maximum atomic E-state index is 13.7. The summed E-state index contributed by atoms with van der Waals surface area (Å²) < 4.78 is 11.0. The SMILES string of the molecule is COc1cccc(/C=C(\NC(=O)c2ccccc2)C(=O)Nc2ccc(SC(C(=O)Nc3cc(C)ccc3C)c3ccccc3)cc2)c1OC. The minimum Gasteiger partial charge on any atom is -0.493 e. The van der Waals surface area contributed by atoms with Crippen molar-refractivity contribution >= 4 is 46.9 Å². The van der Waals surface area contributed by atoms with Gasteiger partial charge in [0.2, 0.25) is 5.91 Å².